The third-order valence-electron chi connectivity index (χ3n) is 15.2. The summed E-state index contributed by atoms with van der Waals surface area (Å²) in [7, 11) is 0. The van der Waals surface area contributed by atoms with Crippen molar-refractivity contribution >= 4 is 17.2 Å². The largest absolute Gasteiger partial charge is 0.388 e. The van der Waals surface area contributed by atoms with E-state index in [0.29, 0.717) is 62.2 Å². The second-order valence-corrected chi connectivity index (χ2v) is 19.0. The van der Waals surface area contributed by atoms with E-state index in [1.807, 2.05) is 9.80 Å². The Labute approximate surface area is 360 Å². The molecule has 6 aliphatic rings. The van der Waals surface area contributed by atoms with Crippen LogP contribution in [0, 0.1) is 11.6 Å². The Kier molecular flexibility index (Phi) is 8.65. The number of fused-ring (bicyclic) bond motifs is 4. The first-order valence-corrected chi connectivity index (χ1v) is 22.4. The van der Waals surface area contributed by atoms with Gasteiger partial charge in [0.1, 0.15) is 23.0 Å². The molecule has 0 radical (unpaired) electrons. The van der Waals surface area contributed by atoms with Crippen LogP contribution >= 0.6 is 0 Å². The number of hydrogen-bond acceptors (Lipinski definition) is 7. The Morgan fingerprint density at radius 1 is 0.581 bits per heavy atom. The SMILES string of the molecule is O=C(c1ncc(F)cc1N1CCC2(C[C@H](O)c3cc(-c4ccccc4C4CC4)ccc32)C1)c1ncc(F)cc1N1CCC2(C[C@H](O)c3cc(-c4ccccc4C4CC4)ccc32)C1. The number of ketones is 1. The van der Waals surface area contributed by atoms with E-state index in [-0.39, 0.29) is 22.2 Å². The molecule has 0 amide bonds. The third kappa shape index (κ3) is 6.14. The molecule has 2 N–H and O–H groups in total. The molecule has 2 saturated carbocycles. The van der Waals surface area contributed by atoms with E-state index >= 15 is 8.78 Å². The molecule has 4 heterocycles. The highest BCUT2D eigenvalue weighted by atomic mass is 19.1. The molecule has 4 fully saturated rings. The first-order chi connectivity index (χ1) is 30.2. The van der Waals surface area contributed by atoms with Crippen molar-refractivity contribution in [3.63, 3.8) is 0 Å². The first kappa shape index (κ1) is 37.9. The van der Waals surface area contributed by atoms with Gasteiger partial charge in [-0.3, -0.25) is 4.79 Å². The molecule has 0 bridgehead atoms. The van der Waals surface area contributed by atoms with Crippen molar-refractivity contribution in [1.29, 1.82) is 0 Å². The van der Waals surface area contributed by atoms with Crippen LogP contribution in [0.15, 0.2) is 109 Å². The number of aromatic nitrogens is 2. The van der Waals surface area contributed by atoms with Crippen LogP contribution in [0.2, 0.25) is 0 Å². The Morgan fingerprint density at radius 2 is 1.02 bits per heavy atom. The second kappa shape index (κ2) is 14.1. The van der Waals surface area contributed by atoms with Gasteiger partial charge in [0.2, 0.25) is 5.78 Å². The molecule has 62 heavy (non-hydrogen) atoms. The number of aliphatic hydroxyl groups is 2. The Balaban J connectivity index is 0.830. The maximum atomic E-state index is 15.2. The van der Waals surface area contributed by atoms with E-state index in [1.54, 1.807) is 0 Å². The van der Waals surface area contributed by atoms with Crippen LogP contribution < -0.4 is 9.80 Å². The molecule has 2 saturated heterocycles. The van der Waals surface area contributed by atoms with Gasteiger partial charge in [-0.15, -0.1) is 0 Å². The van der Waals surface area contributed by atoms with Crippen molar-refractivity contribution in [1.82, 2.24) is 9.97 Å². The van der Waals surface area contributed by atoms with Crippen LogP contribution in [0.3, 0.4) is 0 Å². The third-order valence-corrected chi connectivity index (χ3v) is 15.2. The van der Waals surface area contributed by atoms with Gasteiger partial charge < -0.3 is 20.0 Å². The van der Waals surface area contributed by atoms with Crippen LogP contribution in [0.1, 0.15) is 125 Å². The fourth-order valence-electron chi connectivity index (χ4n) is 11.9. The Bertz CT molecular complexity index is 2630. The minimum Gasteiger partial charge on any atom is -0.388 e. The van der Waals surface area contributed by atoms with Gasteiger partial charge in [0.15, 0.2) is 0 Å². The number of pyridine rings is 2. The molecule has 2 spiro atoms. The van der Waals surface area contributed by atoms with E-state index in [4.69, 9.17) is 0 Å². The molecular weight excluding hydrogens is 779 g/mol. The summed E-state index contributed by atoms with van der Waals surface area (Å²) in [5.41, 5.74) is 11.5. The van der Waals surface area contributed by atoms with Crippen molar-refractivity contribution in [3.8, 4) is 22.3 Å². The summed E-state index contributed by atoms with van der Waals surface area (Å²) in [5.74, 6) is -0.438. The normalized spacial score (nSPS) is 25.0. The molecule has 2 aliphatic heterocycles. The van der Waals surface area contributed by atoms with Gasteiger partial charge in [0, 0.05) is 49.1 Å². The van der Waals surface area contributed by atoms with Gasteiger partial charge in [-0.05, 0) is 131 Å². The lowest BCUT2D eigenvalue weighted by molar-refractivity contribution is 0.103. The van der Waals surface area contributed by atoms with Gasteiger partial charge in [-0.2, -0.15) is 0 Å². The number of rotatable bonds is 8. The maximum absolute atomic E-state index is 15.2. The average Bonchev–Trinajstić information content (AvgIpc) is 4.21. The quantitative estimate of drug-likeness (QED) is 0.148. The van der Waals surface area contributed by atoms with Gasteiger partial charge in [-0.1, -0.05) is 72.8 Å². The number of carbonyl (C=O) groups is 1. The highest BCUT2D eigenvalue weighted by Gasteiger charge is 2.50. The molecule has 2 unspecified atom stereocenters. The van der Waals surface area contributed by atoms with Crippen LogP contribution in [0.4, 0.5) is 20.2 Å². The monoisotopic (exact) mass is 826 g/mol. The van der Waals surface area contributed by atoms with E-state index in [9.17, 15) is 15.0 Å². The zero-order valence-electron chi connectivity index (χ0n) is 34.5. The zero-order valence-corrected chi connectivity index (χ0v) is 34.5. The van der Waals surface area contributed by atoms with Crippen LogP contribution in [0.5, 0.6) is 0 Å². The van der Waals surface area contributed by atoms with E-state index in [1.165, 1.54) is 60.1 Å². The highest BCUT2D eigenvalue weighted by molar-refractivity contribution is 6.13. The summed E-state index contributed by atoms with van der Waals surface area (Å²) in [6.07, 6.45) is 8.16. The van der Waals surface area contributed by atoms with Gasteiger partial charge in [0.25, 0.3) is 0 Å². The molecule has 6 aromatic rings. The Morgan fingerprint density at radius 3 is 1.45 bits per heavy atom. The molecule has 4 atom stereocenters. The van der Waals surface area contributed by atoms with Crippen molar-refractivity contribution in [2.45, 2.75) is 86.2 Å². The number of aliphatic hydroxyl groups excluding tert-OH is 2. The summed E-state index contributed by atoms with van der Waals surface area (Å²) in [6.45, 7) is 2.04. The lowest BCUT2D eigenvalue weighted by Crippen LogP contribution is -2.31. The number of carbonyl (C=O) groups excluding carboxylic acids is 1. The second-order valence-electron chi connectivity index (χ2n) is 19.0. The fraction of sp³-hybridized carbons (Fsp3) is 0.340. The summed E-state index contributed by atoms with van der Waals surface area (Å²) in [4.78, 5) is 27.6. The lowest BCUT2D eigenvalue weighted by Gasteiger charge is -2.28. The van der Waals surface area contributed by atoms with Crippen LogP contribution in [-0.4, -0.2) is 52.1 Å². The highest BCUT2D eigenvalue weighted by Crippen LogP contribution is 2.55. The molecule has 312 valence electrons. The molecule has 7 nitrogen and oxygen atoms in total. The topological polar surface area (TPSA) is 89.8 Å². The van der Waals surface area contributed by atoms with Crippen molar-refractivity contribution in [2.24, 2.45) is 0 Å². The van der Waals surface area contributed by atoms with E-state index < -0.39 is 29.6 Å². The van der Waals surface area contributed by atoms with E-state index in [2.05, 4.69) is 94.9 Å². The van der Waals surface area contributed by atoms with Crippen molar-refractivity contribution in [3.05, 3.63) is 166 Å². The number of benzene rings is 4. The average molecular weight is 827 g/mol. The molecular formula is C53H48F2N4O3. The predicted molar refractivity (Wildman–Crippen MR) is 236 cm³/mol. The minimum absolute atomic E-state index is 0.0594. The van der Waals surface area contributed by atoms with E-state index in [0.717, 1.165) is 58.6 Å². The summed E-state index contributed by atoms with van der Waals surface area (Å²) in [6, 6.07) is 32.8. The van der Waals surface area contributed by atoms with Crippen molar-refractivity contribution < 1.29 is 23.8 Å². The Hall–Kier alpha value is -5.77. The van der Waals surface area contributed by atoms with Gasteiger partial charge in [0.05, 0.1) is 36.0 Å². The number of halogens is 2. The predicted octanol–water partition coefficient (Wildman–Crippen LogP) is 10.2. The first-order valence-electron chi connectivity index (χ1n) is 22.4. The number of anilines is 2. The van der Waals surface area contributed by atoms with Gasteiger partial charge >= 0.3 is 0 Å². The lowest BCUT2D eigenvalue weighted by atomic mass is 9.80. The molecule has 9 heteroatoms. The molecule has 4 aromatic carbocycles. The summed E-state index contributed by atoms with van der Waals surface area (Å²) >= 11 is 0. The summed E-state index contributed by atoms with van der Waals surface area (Å²) < 4.78 is 30.4. The standard InChI is InChI=1S/C53H48F2N4O3/c54-35-23-45(58-19-17-52(29-58)25-47(60)41-21-33(13-15-43(41)52)39-7-3-1-5-37(39)31-9-10-31)49(56-27-35)51(62)50-46(24-36(55)28-57-50)59-20-18-53(30-59)26-48(61)42-22-34(14-16-44(42)53)40-8-4-2-6-38(40)32-11-12-32/h1-8,13-16,21-24,27-28,31-32,47-48,60-61H,9-12,17-20,25-26,29-30H2/t47-,48-,52?,53?/m0/s1. The summed E-state index contributed by atoms with van der Waals surface area (Å²) in [5, 5.41) is 23.1. The van der Waals surface area contributed by atoms with Crippen molar-refractivity contribution in [2.75, 3.05) is 36.0 Å². The van der Waals surface area contributed by atoms with Crippen LogP contribution in [-0.2, 0) is 10.8 Å². The fourth-order valence-corrected chi connectivity index (χ4v) is 11.9. The number of nitrogens with zero attached hydrogens (tertiary/aromatic N) is 4. The smallest absolute Gasteiger partial charge is 0.233 e. The maximum Gasteiger partial charge on any atom is 0.233 e. The van der Waals surface area contributed by atoms with Gasteiger partial charge in [-0.25, -0.2) is 18.7 Å². The minimum atomic E-state index is -0.640. The zero-order chi connectivity index (χ0) is 41.9. The number of hydrogen-bond donors (Lipinski definition) is 2. The molecule has 4 aliphatic carbocycles. The molecule has 12 rings (SSSR count). The molecule has 2 aromatic heterocycles. The van der Waals surface area contributed by atoms with Crippen LogP contribution in [0.25, 0.3) is 22.3 Å².